The Labute approximate surface area is 113 Å². The van der Waals surface area contributed by atoms with Gasteiger partial charge < -0.3 is 17.3 Å². The van der Waals surface area contributed by atoms with Crippen LogP contribution in [0.4, 0.5) is 30.4 Å². The highest BCUT2D eigenvalue weighted by Crippen LogP contribution is 2.50. The molecule has 0 saturated carbocycles. The maximum Gasteiger partial charge on any atom is 0.673 e. The molecule has 2 aromatic rings. The molecule has 0 N–H and O–H groups in total. The van der Waals surface area contributed by atoms with E-state index in [9.17, 15) is 30.4 Å². The summed E-state index contributed by atoms with van der Waals surface area (Å²) in [5.41, 5.74) is -3.28. The predicted octanol–water partition coefficient (Wildman–Crippen LogP) is 5.98. The lowest BCUT2D eigenvalue weighted by molar-refractivity contribution is -0.0867. The molecule has 0 radical (unpaired) electrons. The Morgan fingerprint density at radius 1 is 0.950 bits per heavy atom. The van der Waals surface area contributed by atoms with Gasteiger partial charge in [-0.3, -0.25) is 0 Å². The SMILES string of the molecule is Cc1ccc2cc(C)[s+](C(F)(F)F)c2c1.F[B-](F)(F)F. The molecule has 1 aromatic carbocycles. The number of alkyl halides is 3. The van der Waals surface area contributed by atoms with E-state index in [0.717, 1.165) is 5.56 Å². The van der Waals surface area contributed by atoms with Crippen LogP contribution in [-0.4, -0.2) is 7.25 Å². The Kier molecular flexibility index (Phi) is 4.73. The molecule has 20 heavy (non-hydrogen) atoms. The van der Waals surface area contributed by atoms with Gasteiger partial charge in [0.05, 0.1) is 10.5 Å². The second-order valence-electron chi connectivity index (χ2n) is 4.04. The van der Waals surface area contributed by atoms with E-state index in [4.69, 9.17) is 0 Å². The lowest BCUT2D eigenvalue weighted by Gasteiger charge is -1.97. The quantitative estimate of drug-likeness (QED) is 0.318. The Balaban J connectivity index is 0.000000347. The first-order valence-corrected chi connectivity index (χ1v) is 6.59. The van der Waals surface area contributed by atoms with Crippen LogP contribution in [0.1, 0.15) is 10.4 Å². The fourth-order valence-corrected chi connectivity index (χ4v) is 3.57. The first-order chi connectivity index (χ1) is 8.89. The summed E-state index contributed by atoms with van der Waals surface area (Å²) < 4.78 is 77.8. The van der Waals surface area contributed by atoms with Gasteiger partial charge in [0.1, 0.15) is 0 Å². The number of halogens is 7. The van der Waals surface area contributed by atoms with Crippen molar-refractivity contribution in [2.24, 2.45) is 0 Å². The highest BCUT2D eigenvalue weighted by Gasteiger charge is 2.46. The number of hydrogen-bond donors (Lipinski definition) is 0. The van der Waals surface area contributed by atoms with Crippen LogP contribution in [0.2, 0.25) is 0 Å². The Hall–Kier alpha value is -1.25. The van der Waals surface area contributed by atoms with Crippen molar-refractivity contribution in [2.45, 2.75) is 19.4 Å². The van der Waals surface area contributed by atoms with Gasteiger partial charge in [0.2, 0.25) is 0 Å². The molecule has 1 unspecified atom stereocenters. The van der Waals surface area contributed by atoms with Gasteiger partial charge in [-0.05, 0) is 18.6 Å². The fraction of sp³-hybridized carbons (Fsp3) is 0.273. The first kappa shape index (κ1) is 16.8. The summed E-state index contributed by atoms with van der Waals surface area (Å²) in [6.45, 7) is 3.36. The van der Waals surface area contributed by atoms with E-state index in [1.807, 2.05) is 13.0 Å². The molecule has 0 nitrogen and oxygen atoms in total. The van der Waals surface area contributed by atoms with E-state index in [1.54, 1.807) is 25.1 Å². The Morgan fingerprint density at radius 2 is 1.45 bits per heavy atom. The van der Waals surface area contributed by atoms with Crippen molar-refractivity contribution in [3.05, 3.63) is 34.7 Å². The van der Waals surface area contributed by atoms with E-state index in [1.165, 1.54) is 0 Å². The smallest absolute Gasteiger partial charge is 0.418 e. The van der Waals surface area contributed by atoms with E-state index < -0.39 is 23.2 Å². The van der Waals surface area contributed by atoms with Crippen LogP contribution in [-0.2, 0) is 5.51 Å². The Bertz CT molecular complexity index is 591. The first-order valence-electron chi connectivity index (χ1n) is 5.37. The summed E-state index contributed by atoms with van der Waals surface area (Å²) in [4.78, 5) is 0.406. The van der Waals surface area contributed by atoms with E-state index in [-0.39, 0.29) is 0 Å². The van der Waals surface area contributed by atoms with E-state index in [2.05, 4.69) is 0 Å². The van der Waals surface area contributed by atoms with E-state index in [0.29, 0.717) is 15.0 Å². The predicted molar refractivity (Wildman–Crippen MR) is 67.4 cm³/mol. The third-order valence-electron chi connectivity index (χ3n) is 2.30. The summed E-state index contributed by atoms with van der Waals surface area (Å²) in [6, 6.07) is 6.86. The van der Waals surface area contributed by atoms with Crippen LogP contribution >= 0.6 is 10.5 Å². The zero-order valence-electron chi connectivity index (χ0n) is 10.4. The summed E-state index contributed by atoms with van der Waals surface area (Å²) in [6.07, 6.45) is 0. The highest BCUT2D eigenvalue weighted by molar-refractivity contribution is 7.38. The van der Waals surface area contributed by atoms with Gasteiger partial charge in [-0.15, -0.1) is 13.2 Å². The lowest BCUT2D eigenvalue weighted by Crippen LogP contribution is -2.02. The van der Waals surface area contributed by atoms with Crippen LogP contribution in [0.25, 0.3) is 10.1 Å². The minimum absolute atomic E-state index is 0.406. The summed E-state index contributed by atoms with van der Waals surface area (Å²) >= 11 is 0. The van der Waals surface area contributed by atoms with Gasteiger partial charge in [-0.2, -0.15) is 0 Å². The molecule has 0 aliphatic heterocycles. The lowest BCUT2D eigenvalue weighted by atomic mass is 10.2. The van der Waals surface area contributed by atoms with Crippen LogP contribution in [0, 0.1) is 13.8 Å². The zero-order chi connectivity index (χ0) is 15.7. The molecule has 0 saturated heterocycles. The molecule has 0 aliphatic carbocycles. The molecule has 1 aromatic heterocycles. The number of thiophene rings is 1. The van der Waals surface area contributed by atoms with Gasteiger partial charge in [-0.25, -0.2) is 0 Å². The second-order valence-corrected chi connectivity index (χ2v) is 6.20. The topological polar surface area (TPSA) is 0 Å². The fourth-order valence-electron chi connectivity index (χ4n) is 1.70. The normalized spacial score (nSPS) is 13.2. The maximum absolute atomic E-state index is 12.8. The van der Waals surface area contributed by atoms with Gasteiger partial charge >= 0.3 is 12.8 Å². The summed E-state index contributed by atoms with van der Waals surface area (Å²) in [7, 11) is -7.71. The largest absolute Gasteiger partial charge is 0.673 e. The Morgan fingerprint density at radius 3 is 1.90 bits per heavy atom. The average molecular weight is 318 g/mol. The molecular weight excluding hydrogens is 308 g/mol. The molecule has 0 bridgehead atoms. The number of fused-ring (bicyclic) bond motifs is 1. The molecular formula is C11H10BF7S. The molecule has 0 aliphatic rings. The van der Waals surface area contributed by atoms with Crippen molar-refractivity contribution in [1.29, 1.82) is 0 Å². The van der Waals surface area contributed by atoms with Crippen LogP contribution in [0.5, 0.6) is 0 Å². The molecule has 9 heteroatoms. The monoisotopic (exact) mass is 318 g/mol. The number of aryl methyl sites for hydroxylation is 2. The highest BCUT2D eigenvalue weighted by atomic mass is 32.2. The standard InChI is InChI=1S/C11H10F3S.BF4/c1-7-3-4-9-6-8(2)15(10(9)5-7)11(12,13)14;2-1(3,4)5/h3-6H,1-2H3;/q+1;-1. The third kappa shape index (κ3) is 4.70. The molecule has 2 rings (SSSR count). The van der Waals surface area contributed by atoms with Crippen LogP contribution in [0.15, 0.2) is 24.3 Å². The average Bonchev–Trinajstić information content (AvgIpc) is 2.49. The van der Waals surface area contributed by atoms with E-state index >= 15 is 0 Å². The molecule has 0 spiro atoms. The van der Waals surface area contributed by atoms with Crippen molar-refractivity contribution < 1.29 is 30.4 Å². The van der Waals surface area contributed by atoms with Crippen molar-refractivity contribution in [3.8, 4) is 0 Å². The van der Waals surface area contributed by atoms with Gasteiger partial charge in [-0.1, -0.05) is 6.07 Å². The second kappa shape index (κ2) is 5.63. The number of rotatable bonds is 0. The minimum Gasteiger partial charge on any atom is -0.418 e. The molecule has 0 amide bonds. The minimum atomic E-state index is -6.00. The van der Waals surface area contributed by atoms with Crippen molar-refractivity contribution >= 4 is 27.8 Å². The molecule has 1 heterocycles. The molecule has 1 atom stereocenters. The zero-order valence-corrected chi connectivity index (χ0v) is 11.3. The molecule has 112 valence electrons. The number of hydrogen-bond acceptors (Lipinski definition) is 0. The summed E-state index contributed by atoms with van der Waals surface area (Å²) in [5, 5.41) is 0.707. The van der Waals surface area contributed by atoms with Crippen molar-refractivity contribution in [3.63, 3.8) is 0 Å². The van der Waals surface area contributed by atoms with Crippen LogP contribution in [0.3, 0.4) is 0 Å². The maximum atomic E-state index is 12.8. The van der Waals surface area contributed by atoms with Crippen molar-refractivity contribution in [2.75, 3.05) is 0 Å². The third-order valence-corrected chi connectivity index (χ3v) is 4.32. The summed E-state index contributed by atoms with van der Waals surface area (Å²) in [5.74, 6) is 0. The van der Waals surface area contributed by atoms with Gasteiger partial charge in [0, 0.05) is 24.4 Å². The van der Waals surface area contributed by atoms with Crippen molar-refractivity contribution in [1.82, 2.24) is 0 Å². The van der Waals surface area contributed by atoms with Gasteiger partial charge in [0.15, 0.2) is 9.58 Å². The van der Waals surface area contributed by atoms with Crippen LogP contribution < -0.4 is 0 Å². The number of benzene rings is 1. The van der Waals surface area contributed by atoms with Gasteiger partial charge in [0.25, 0.3) is 0 Å². The molecule has 0 fully saturated rings.